The first-order valence-electron chi connectivity index (χ1n) is 6.69. The topological polar surface area (TPSA) is 47.0 Å². The van der Waals surface area contributed by atoms with E-state index in [4.69, 9.17) is 4.74 Å². The first-order chi connectivity index (χ1) is 9.38. The molecule has 0 spiro atoms. The molecule has 3 rings (SSSR count). The number of hydrogen-bond acceptors (Lipinski definition) is 2. The first-order valence-corrected chi connectivity index (χ1v) is 6.69. The van der Waals surface area contributed by atoms with Crippen LogP contribution in [0.1, 0.15) is 26.5 Å². The van der Waals surface area contributed by atoms with E-state index in [1.807, 2.05) is 58.2 Å². The van der Waals surface area contributed by atoms with Crippen molar-refractivity contribution in [1.82, 2.24) is 9.55 Å². The molecule has 20 heavy (non-hydrogen) atoms. The minimum Gasteiger partial charge on any atom is -0.443 e. The number of benzene rings is 1. The molecule has 0 atom stereocenters. The Hall–Kier alpha value is -2.23. The Morgan fingerprint density at radius 2 is 1.90 bits per heavy atom. The van der Waals surface area contributed by atoms with Gasteiger partial charge in [-0.15, -0.1) is 0 Å². The van der Waals surface area contributed by atoms with Crippen LogP contribution < -0.4 is 0 Å². The molecule has 0 saturated carbocycles. The van der Waals surface area contributed by atoms with E-state index in [0.29, 0.717) is 0 Å². The zero-order valence-electron chi connectivity index (χ0n) is 12.2. The Morgan fingerprint density at radius 1 is 1.20 bits per heavy atom. The lowest BCUT2D eigenvalue weighted by Crippen LogP contribution is -2.26. The molecular formula is C16H18N2O2. The Balaban J connectivity index is 2.29. The van der Waals surface area contributed by atoms with Gasteiger partial charge in [0.2, 0.25) is 0 Å². The largest absolute Gasteiger partial charge is 0.443 e. The normalized spacial score (nSPS) is 12.2. The summed E-state index contributed by atoms with van der Waals surface area (Å²) in [6.07, 6.45) is 1.51. The number of aryl methyl sites for hydroxylation is 1. The summed E-state index contributed by atoms with van der Waals surface area (Å²) in [5.74, 6) is 0. The summed E-state index contributed by atoms with van der Waals surface area (Å²) >= 11 is 0. The Bertz CT molecular complexity index is 803. The highest BCUT2D eigenvalue weighted by atomic mass is 16.6. The predicted molar refractivity (Wildman–Crippen MR) is 80.2 cm³/mol. The number of ether oxygens (including phenoxy) is 1. The van der Waals surface area contributed by atoms with Crippen molar-refractivity contribution in [2.24, 2.45) is 0 Å². The van der Waals surface area contributed by atoms with Crippen LogP contribution in [0.15, 0.2) is 30.5 Å². The number of fused-ring (bicyclic) bond motifs is 3. The van der Waals surface area contributed by atoms with Gasteiger partial charge in [0, 0.05) is 22.7 Å². The van der Waals surface area contributed by atoms with Crippen LogP contribution in [0.2, 0.25) is 0 Å². The van der Waals surface area contributed by atoms with E-state index in [2.05, 4.69) is 4.98 Å². The van der Waals surface area contributed by atoms with Crippen molar-refractivity contribution in [3.63, 3.8) is 0 Å². The first kappa shape index (κ1) is 12.8. The van der Waals surface area contributed by atoms with Crippen molar-refractivity contribution in [1.29, 1.82) is 0 Å². The fourth-order valence-electron chi connectivity index (χ4n) is 2.54. The van der Waals surface area contributed by atoms with Crippen LogP contribution in [-0.4, -0.2) is 21.2 Å². The van der Waals surface area contributed by atoms with Crippen LogP contribution in [0.5, 0.6) is 0 Å². The van der Waals surface area contributed by atoms with Crippen LogP contribution in [-0.2, 0) is 4.74 Å². The molecule has 0 saturated heterocycles. The minimum atomic E-state index is -0.514. The summed E-state index contributed by atoms with van der Waals surface area (Å²) in [5, 5.41) is 2.14. The average Bonchev–Trinajstić information content (AvgIpc) is 2.85. The predicted octanol–water partition coefficient (Wildman–Crippen LogP) is 4.21. The minimum absolute atomic E-state index is 0.345. The van der Waals surface area contributed by atoms with E-state index >= 15 is 0 Å². The van der Waals surface area contributed by atoms with Crippen molar-refractivity contribution in [3.8, 4) is 0 Å². The SMILES string of the molecule is Cc1[nH]cc2c1c1ccccc1n2C(=O)OC(C)(C)C. The fraction of sp³-hybridized carbons (Fsp3) is 0.312. The lowest BCUT2D eigenvalue weighted by atomic mass is 10.2. The maximum Gasteiger partial charge on any atom is 0.419 e. The molecule has 1 N–H and O–H groups in total. The van der Waals surface area contributed by atoms with Gasteiger partial charge in [-0.25, -0.2) is 9.36 Å². The van der Waals surface area contributed by atoms with E-state index < -0.39 is 5.60 Å². The van der Waals surface area contributed by atoms with E-state index in [1.165, 1.54) is 0 Å². The summed E-state index contributed by atoms with van der Waals surface area (Å²) in [4.78, 5) is 15.7. The average molecular weight is 270 g/mol. The van der Waals surface area contributed by atoms with Gasteiger partial charge in [-0.2, -0.15) is 0 Å². The molecule has 0 unspecified atom stereocenters. The van der Waals surface area contributed by atoms with Gasteiger partial charge in [-0.1, -0.05) is 18.2 Å². The number of hydrogen-bond donors (Lipinski definition) is 1. The number of carbonyl (C=O) groups excluding carboxylic acids is 1. The molecule has 0 amide bonds. The third kappa shape index (κ3) is 1.88. The summed E-state index contributed by atoms with van der Waals surface area (Å²) in [7, 11) is 0. The number of H-pyrrole nitrogens is 1. The lowest BCUT2D eigenvalue weighted by molar-refractivity contribution is 0.0551. The number of aromatic amines is 1. The molecule has 1 aromatic carbocycles. The highest BCUT2D eigenvalue weighted by Gasteiger charge is 2.23. The van der Waals surface area contributed by atoms with Crippen molar-refractivity contribution in [3.05, 3.63) is 36.2 Å². The van der Waals surface area contributed by atoms with Gasteiger partial charge in [-0.3, -0.25) is 0 Å². The molecule has 0 aliphatic heterocycles. The van der Waals surface area contributed by atoms with E-state index in [1.54, 1.807) is 4.57 Å². The highest BCUT2D eigenvalue weighted by molar-refractivity contribution is 6.13. The van der Waals surface area contributed by atoms with Gasteiger partial charge in [-0.05, 0) is 33.8 Å². The molecule has 4 heteroatoms. The van der Waals surface area contributed by atoms with Gasteiger partial charge >= 0.3 is 6.09 Å². The smallest absolute Gasteiger partial charge is 0.419 e. The Labute approximate surface area is 117 Å². The molecule has 104 valence electrons. The van der Waals surface area contributed by atoms with Crippen LogP contribution >= 0.6 is 0 Å². The quantitative estimate of drug-likeness (QED) is 0.665. The Kier molecular flexibility index (Phi) is 2.64. The number of nitrogens with zero attached hydrogens (tertiary/aromatic N) is 1. The molecule has 0 fully saturated rings. The van der Waals surface area contributed by atoms with Gasteiger partial charge in [0.15, 0.2) is 0 Å². The van der Waals surface area contributed by atoms with Gasteiger partial charge in [0.25, 0.3) is 0 Å². The molecule has 0 radical (unpaired) electrons. The molecule has 4 nitrogen and oxygen atoms in total. The van der Waals surface area contributed by atoms with E-state index in [-0.39, 0.29) is 6.09 Å². The van der Waals surface area contributed by atoms with Crippen molar-refractivity contribution in [2.45, 2.75) is 33.3 Å². The maximum atomic E-state index is 12.5. The number of para-hydroxylation sites is 1. The second-order valence-corrected chi connectivity index (χ2v) is 6.01. The third-order valence-electron chi connectivity index (χ3n) is 3.29. The molecule has 2 aromatic heterocycles. The van der Waals surface area contributed by atoms with E-state index in [9.17, 15) is 4.79 Å². The van der Waals surface area contributed by atoms with Gasteiger partial charge < -0.3 is 9.72 Å². The van der Waals surface area contributed by atoms with Crippen molar-refractivity contribution in [2.75, 3.05) is 0 Å². The van der Waals surface area contributed by atoms with Crippen LogP contribution in [0.25, 0.3) is 21.8 Å². The van der Waals surface area contributed by atoms with Gasteiger partial charge in [0.05, 0.1) is 11.0 Å². The lowest BCUT2D eigenvalue weighted by Gasteiger charge is -2.20. The molecule has 2 heterocycles. The van der Waals surface area contributed by atoms with Crippen LogP contribution in [0.3, 0.4) is 0 Å². The Morgan fingerprint density at radius 3 is 2.60 bits per heavy atom. The standard InChI is InChI=1S/C16H18N2O2/c1-10-14-11-7-5-6-8-12(11)18(13(14)9-17-10)15(19)20-16(2,3)4/h5-9,17H,1-4H3. The zero-order chi connectivity index (χ0) is 14.5. The van der Waals surface area contributed by atoms with Crippen molar-refractivity contribution >= 4 is 27.9 Å². The fourth-order valence-corrected chi connectivity index (χ4v) is 2.54. The summed E-state index contributed by atoms with van der Waals surface area (Å²) in [5.41, 5.74) is 2.28. The molecule has 0 bridgehead atoms. The number of aromatic nitrogens is 2. The second kappa shape index (κ2) is 4.13. The van der Waals surface area contributed by atoms with Crippen LogP contribution in [0.4, 0.5) is 4.79 Å². The number of nitrogens with one attached hydrogen (secondary N) is 1. The molecule has 0 aliphatic rings. The number of carbonyl (C=O) groups is 1. The van der Waals surface area contributed by atoms with E-state index in [0.717, 1.165) is 27.5 Å². The molecule has 0 aliphatic carbocycles. The monoisotopic (exact) mass is 270 g/mol. The second-order valence-electron chi connectivity index (χ2n) is 6.01. The summed E-state index contributed by atoms with van der Waals surface area (Å²) in [6.45, 7) is 7.62. The molecule has 3 aromatic rings. The highest BCUT2D eigenvalue weighted by Crippen LogP contribution is 2.31. The molecular weight excluding hydrogens is 252 g/mol. The summed E-state index contributed by atoms with van der Waals surface area (Å²) in [6, 6.07) is 7.88. The van der Waals surface area contributed by atoms with Crippen LogP contribution in [0, 0.1) is 6.92 Å². The third-order valence-corrected chi connectivity index (χ3v) is 3.29. The zero-order valence-corrected chi connectivity index (χ0v) is 12.2. The van der Waals surface area contributed by atoms with Gasteiger partial charge in [0.1, 0.15) is 5.60 Å². The number of rotatable bonds is 0. The van der Waals surface area contributed by atoms with Crippen molar-refractivity contribution < 1.29 is 9.53 Å². The summed E-state index contributed by atoms with van der Waals surface area (Å²) < 4.78 is 7.16. The maximum absolute atomic E-state index is 12.5.